The molecule has 0 saturated heterocycles. The van der Waals surface area contributed by atoms with Crippen LogP contribution in [0.15, 0.2) is 36.8 Å². The van der Waals surface area contributed by atoms with E-state index in [1.165, 1.54) is 23.9 Å². The molecule has 1 aliphatic heterocycles. The van der Waals surface area contributed by atoms with Crippen LogP contribution >= 0.6 is 22.9 Å². The second-order valence-corrected chi connectivity index (χ2v) is 16.9. The number of amides is 1. The maximum atomic E-state index is 13.9. The van der Waals surface area contributed by atoms with Gasteiger partial charge < -0.3 is 24.8 Å². The first-order valence-electron chi connectivity index (χ1n) is 16.9. The molecular weight excluding hydrogens is 734 g/mol. The van der Waals surface area contributed by atoms with Gasteiger partial charge in [-0.15, -0.1) is 11.3 Å². The van der Waals surface area contributed by atoms with E-state index in [0.29, 0.717) is 35.8 Å². The lowest BCUT2D eigenvalue weighted by Gasteiger charge is -2.28. The number of rotatable bonds is 13. The van der Waals surface area contributed by atoms with Crippen LogP contribution < -0.4 is 15.8 Å². The van der Waals surface area contributed by atoms with Crippen molar-refractivity contribution in [3.05, 3.63) is 73.8 Å². The predicted molar refractivity (Wildman–Crippen MR) is 195 cm³/mol. The molecule has 1 amide bonds. The number of nitrogens with one attached hydrogen (secondary N) is 2. The van der Waals surface area contributed by atoms with E-state index >= 15 is 0 Å². The largest absolute Gasteiger partial charge is 0.460 e. The average molecular weight is 778 g/mol. The Morgan fingerprint density at radius 2 is 1.94 bits per heavy atom. The molecule has 2 aromatic heterocycles. The molecule has 0 spiro atoms. The minimum Gasteiger partial charge on any atom is -0.460 e. The molecule has 5 atom stereocenters. The Hall–Kier alpha value is -3.67. The zero-order chi connectivity index (χ0) is 37.8. The normalized spacial score (nSPS) is 20.0. The van der Waals surface area contributed by atoms with Crippen LogP contribution in [0, 0.1) is 18.8 Å². The number of halogens is 1. The molecule has 282 valence electrons. The van der Waals surface area contributed by atoms with E-state index in [4.69, 9.17) is 35.1 Å². The smallest absolute Gasteiger partial charge is 0.408 e. The summed E-state index contributed by atoms with van der Waals surface area (Å²) in [5.74, 6) is -1.79. The van der Waals surface area contributed by atoms with Crippen molar-refractivity contribution in [3.63, 3.8) is 0 Å². The van der Waals surface area contributed by atoms with Crippen molar-refractivity contribution in [1.29, 1.82) is 0 Å². The molecule has 1 aromatic carbocycles. The minimum absolute atomic E-state index is 0.0810. The number of aryl methyl sites for hydroxylation is 1. The summed E-state index contributed by atoms with van der Waals surface area (Å²) in [6.45, 7) is 9.15. The molecule has 1 saturated carbocycles. The Kier molecular flexibility index (Phi) is 12.6. The number of anilines is 1. The molecule has 14 nitrogen and oxygen atoms in total. The molecule has 3 unspecified atom stereocenters. The topological polar surface area (TPSA) is 198 Å². The van der Waals surface area contributed by atoms with Crippen LogP contribution in [0.25, 0.3) is 0 Å². The van der Waals surface area contributed by atoms with E-state index < -0.39 is 51.9 Å². The molecule has 3 aromatic rings. The van der Waals surface area contributed by atoms with Crippen molar-refractivity contribution in [3.8, 4) is 0 Å². The molecule has 0 bridgehead atoms. The summed E-state index contributed by atoms with van der Waals surface area (Å²) >= 11 is 7.67. The number of ether oxygens (including phenoxy) is 3. The fourth-order valence-electron chi connectivity index (χ4n) is 6.31. The van der Waals surface area contributed by atoms with E-state index in [2.05, 4.69) is 20.6 Å². The van der Waals surface area contributed by atoms with E-state index in [1.807, 2.05) is 31.2 Å². The lowest BCUT2D eigenvalue weighted by Crippen LogP contribution is -2.50. The van der Waals surface area contributed by atoms with Crippen LogP contribution in [0.2, 0.25) is 5.02 Å². The lowest BCUT2D eigenvalue weighted by molar-refractivity contribution is -0.155. The van der Waals surface area contributed by atoms with Crippen LogP contribution in [-0.2, 0) is 39.9 Å². The van der Waals surface area contributed by atoms with Gasteiger partial charge in [-0.3, -0.25) is 8.98 Å². The van der Waals surface area contributed by atoms with Gasteiger partial charge >= 0.3 is 22.4 Å². The highest BCUT2D eigenvalue weighted by Crippen LogP contribution is 2.39. The number of hydrogen-bond acceptors (Lipinski definition) is 13. The van der Waals surface area contributed by atoms with Crippen molar-refractivity contribution in [2.24, 2.45) is 17.0 Å². The molecule has 5 rings (SSSR count). The summed E-state index contributed by atoms with van der Waals surface area (Å²) < 4.78 is 44.9. The Labute approximate surface area is 312 Å². The summed E-state index contributed by atoms with van der Waals surface area (Å²) in [6.07, 6.45) is 3.42. The molecule has 1 fully saturated rings. The number of nitrogens with zero attached hydrogens (tertiary/aromatic N) is 2. The van der Waals surface area contributed by atoms with E-state index in [0.717, 1.165) is 28.0 Å². The van der Waals surface area contributed by atoms with E-state index in [1.54, 1.807) is 27.7 Å². The van der Waals surface area contributed by atoms with Gasteiger partial charge in [0.25, 0.3) is 0 Å². The Balaban J connectivity index is 1.31. The molecule has 52 heavy (non-hydrogen) atoms. The number of hydrogen-bond donors (Lipinski definition) is 3. The molecule has 4 N–H and O–H groups in total. The van der Waals surface area contributed by atoms with Gasteiger partial charge in [0.15, 0.2) is 0 Å². The number of carbonyl (C=O) groups is 3. The molecule has 1 aliphatic carbocycles. The number of nitrogens with two attached hydrogens (primary N) is 1. The summed E-state index contributed by atoms with van der Waals surface area (Å²) in [5, 5.41) is 11.4. The van der Waals surface area contributed by atoms with Crippen LogP contribution in [0.1, 0.15) is 89.9 Å². The number of carbonyl (C=O) groups excluding carboxylic acids is 3. The van der Waals surface area contributed by atoms with Gasteiger partial charge in [0.1, 0.15) is 36.0 Å². The number of ketones is 1. The highest BCUT2D eigenvalue weighted by molar-refractivity contribution is 7.84. The third-order valence-corrected chi connectivity index (χ3v) is 10.6. The van der Waals surface area contributed by atoms with Gasteiger partial charge in [0.2, 0.25) is 5.78 Å². The van der Waals surface area contributed by atoms with Crippen molar-refractivity contribution in [2.45, 2.75) is 84.2 Å². The molecular formula is C35H44ClN5O9S2. The fourth-order valence-corrected chi connectivity index (χ4v) is 7.85. The molecule has 17 heteroatoms. The molecule has 2 aliphatic rings. The summed E-state index contributed by atoms with van der Waals surface area (Å²) in [4.78, 5) is 50.2. The lowest BCUT2D eigenvalue weighted by atomic mass is 9.93. The fraction of sp³-hybridized carbons (Fsp3) is 0.514. The maximum absolute atomic E-state index is 13.9. The van der Waals surface area contributed by atoms with Gasteiger partial charge in [-0.25, -0.2) is 24.7 Å². The van der Waals surface area contributed by atoms with Crippen molar-refractivity contribution >= 4 is 56.9 Å². The van der Waals surface area contributed by atoms with Crippen LogP contribution in [0.4, 0.5) is 10.6 Å². The first-order chi connectivity index (χ1) is 24.5. The Bertz CT molecular complexity index is 1900. The summed E-state index contributed by atoms with van der Waals surface area (Å²) in [7, 11) is -4.17. The number of alkyl carbamates (subject to hydrolysis) is 1. The second kappa shape index (κ2) is 16.6. The standard InChI is InChI=1S/C35H44ClN5O9S2/c1-19(29(41-34(44)50-35(3,4)5)33(43)49-27-8-6-7-22(27)17-48-52(37,45)46)15-39-32-26(16-38-18-40-32)30(42)28-14-24(20(2)51-28)31-25-13-23(36)10-9-21(25)11-12-47-31/h9-10,13-14,16,18-19,22,27,29,31H,6-8,11-12,15,17H2,1-5H3,(H,41,44)(H2,37,45,46)(H,38,39,40)/t19?,22?,27?,29-,31-/m0/s1. The van der Waals surface area contributed by atoms with Gasteiger partial charge in [0, 0.05) is 34.5 Å². The number of fused-ring (bicyclic) bond motifs is 1. The van der Waals surface area contributed by atoms with E-state index in [-0.39, 0.29) is 36.4 Å². The third kappa shape index (κ3) is 10.3. The number of esters is 1. The Morgan fingerprint density at radius 3 is 2.67 bits per heavy atom. The number of thiophene rings is 1. The van der Waals surface area contributed by atoms with E-state index in [9.17, 15) is 22.8 Å². The summed E-state index contributed by atoms with van der Waals surface area (Å²) in [6, 6.07) is 6.43. The zero-order valence-electron chi connectivity index (χ0n) is 29.6. The third-order valence-electron chi connectivity index (χ3n) is 8.86. The number of benzene rings is 1. The first kappa shape index (κ1) is 39.5. The van der Waals surface area contributed by atoms with Crippen LogP contribution in [0.3, 0.4) is 0 Å². The quantitative estimate of drug-likeness (QED) is 0.150. The van der Waals surface area contributed by atoms with Crippen LogP contribution in [-0.4, -0.2) is 73.7 Å². The summed E-state index contributed by atoms with van der Waals surface area (Å²) in [5.41, 5.74) is 2.40. The average Bonchev–Trinajstić information content (AvgIpc) is 3.69. The van der Waals surface area contributed by atoms with Crippen LogP contribution in [0.5, 0.6) is 0 Å². The molecule has 0 radical (unpaired) electrons. The highest BCUT2D eigenvalue weighted by atomic mass is 35.5. The van der Waals surface area contributed by atoms with Gasteiger partial charge in [-0.1, -0.05) is 24.6 Å². The second-order valence-electron chi connectivity index (χ2n) is 14.0. The van der Waals surface area contributed by atoms with Crippen molar-refractivity contribution in [2.75, 3.05) is 25.1 Å². The van der Waals surface area contributed by atoms with Crippen molar-refractivity contribution < 1.29 is 41.2 Å². The zero-order valence-corrected chi connectivity index (χ0v) is 32.0. The number of aromatic nitrogens is 2. The van der Waals surface area contributed by atoms with Gasteiger partial charge in [-0.05, 0) is 88.3 Å². The molecule has 3 heterocycles. The maximum Gasteiger partial charge on any atom is 0.408 e. The first-order valence-corrected chi connectivity index (χ1v) is 19.6. The minimum atomic E-state index is -4.17. The van der Waals surface area contributed by atoms with Gasteiger partial charge in [-0.2, -0.15) is 8.42 Å². The Morgan fingerprint density at radius 1 is 1.17 bits per heavy atom. The predicted octanol–water partition coefficient (Wildman–Crippen LogP) is 5.27. The van der Waals surface area contributed by atoms with Crippen molar-refractivity contribution in [1.82, 2.24) is 15.3 Å². The SMILES string of the molecule is Cc1sc(C(=O)c2cncnc2NCC(C)[C@H](NC(=O)OC(C)(C)C)C(=O)OC2CCCC2COS(N)(=O)=O)cc1[C@@H]1OCCc2ccc(Cl)cc21. The monoisotopic (exact) mass is 777 g/mol. The highest BCUT2D eigenvalue weighted by Gasteiger charge is 2.37. The van der Waals surface area contributed by atoms with Gasteiger partial charge in [0.05, 0.1) is 23.7 Å².